The third-order valence-electron chi connectivity index (χ3n) is 2.91. The summed E-state index contributed by atoms with van der Waals surface area (Å²) in [6, 6.07) is 5.64. The second-order valence-electron chi connectivity index (χ2n) is 4.22. The molecule has 0 aliphatic rings. The Labute approximate surface area is 114 Å². The molecule has 19 heavy (non-hydrogen) atoms. The molecule has 5 nitrogen and oxygen atoms in total. The van der Waals surface area contributed by atoms with E-state index in [1.807, 2.05) is 25.1 Å². The van der Waals surface area contributed by atoms with Crippen molar-refractivity contribution in [1.82, 2.24) is 4.90 Å². The lowest BCUT2D eigenvalue weighted by Crippen LogP contribution is -2.31. The molecule has 1 amide bonds. The number of likely N-dealkylation sites (N-methyl/N-ethyl adjacent to an activating group) is 1. The van der Waals surface area contributed by atoms with Gasteiger partial charge in [-0.05, 0) is 37.6 Å². The molecule has 0 heterocycles. The number of ether oxygens (including phenoxy) is 2. The highest BCUT2D eigenvalue weighted by Crippen LogP contribution is 2.28. The predicted octanol–water partition coefficient (Wildman–Crippen LogP) is 1.05. The fourth-order valence-corrected chi connectivity index (χ4v) is 1.58. The second-order valence-corrected chi connectivity index (χ2v) is 4.22. The summed E-state index contributed by atoms with van der Waals surface area (Å²) in [4.78, 5) is 13.3. The number of rotatable bonds is 7. The van der Waals surface area contributed by atoms with Crippen molar-refractivity contribution in [3.05, 3.63) is 23.8 Å². The zero-order valence-corrected chi connectivity index (χ0v) is 11.8. The maximum absolute atomic E-state index is 11.7. The number of hydrogen-bond acceptors (Lipinski definition) is 4. The number of carbonyl (C=O) groups excluding carboxylic acids is 1. The number of nitrogens with two attached hydrogens (primary N) is 1. The molecule has 0 saturated carbocycles. The van der Waals surface area contributed by atoms with E-state index in [1.165, 1.54) is 0 Å². The summed E-state index contributed by atoms with van der Waals surface area (Å²) in [7, 11) is 3.32. The van der Waals surface area contributed by atoms with Gasteiger partial charge in [-0.25, -0.2) is 0 Å². The Morgan fingerprint density at radius 3 is 2.68 bits per heavy atom. The molecule has 0 unspecified atom stereocenters. The molecule has 0 aliphatic heterocycles. The molecule has 1 aromatic carbocycles. The van der Waals surface area contributed by atoms with Crippen LogP contribution in [0.25, 0.3) is 0 Å². The first-order valence-electron chi connectivity index (χ1n) is 6.36. The van der Waals surface area contributed by atoms with Crippen molar-refractivity contribution in [2.24, 2.45) is 5.73 Å². The van der Waals surface area contributed by atoms with E-state index < -0.39 is 0 Å². The van der Waals surface area contributed by atoms with Crippen LogP contribution in [0.15, 0.2) is 18.2 Å². The van der Waals surface area contributed by atoms with Gasteiger partial charge in [0.1, 0.15) is 0 Å². The van der Waals surface area contributed by atoms with Crippen LogP contribution in [0.1, 0.15) is 12.5 Å². The Kier molecular flexibility index (Phi) is 6.15. The topological polar surface area (TPSA) is 64.8 Å². The van der Waals surface area contributed by atoms with Gasteiger partial charge in [0.25, 0.3) is 5.91 Å². The largest absolute Gasteiger partial charge is 0.493 e. The summed E-state index contributed by atoms with van der Waals surface area (Å²) in [5.74, 6) is 1.13. The maximum atomic E-state index is 11.7. The summed E-state index contributed by atoms with van der Waals surface area (Å²) in [5, 5.41) is 0. The highest BCUT2D eigenvalue weighted by molar-refractivity contribution is 5.77. The van der Waals surface area contributed by atoms with Gasteiger partial charge in [0.05, 0.1) is 7.11 Å². The number of benzene rings is 1. The maximum Gasteiger partial charge on any atom is 0.260 e. The van der Waals surface area contributed by atoms with Crippen molar-refractivity contribution in [3.63, 3.8) is 0 Å². The molecule has 1 rings (SSSR count). The number of nitrogens with zero attached hydrogens (tertiary/aromatic N) is 1. The Balaban J connectivity index is 2.74. The van der Waals surface area contributed by atoms with Gasteiger partial charge in [0.15, 0.2) is 18.1 Å². The minimum atomic E-state index is -0.0613. The third-order valence-corrected chi connectivity index (χ3v) is 2.91. The first-order valence-corrected chi connectivity index (χ1v) is 6.36. The van der Waals surface area contributed by atoms with Crippen molar-refractivity contribution < 1.29 is 14.3 Å². The standard InChI is InChI=1S/C14H22N2O3/c1-4-16(2)14(17)10-19-13-9-11(7-8-15)5-6-12(13)18-3/h5-6,9H,4,7-8,10,15H2,1-3H3. The van der Waals surface area contributed by atoms with E-state index in [2.05, 4.69) is 0 Å². The van der Waals surface area contributed by atoms with E-state index >= 15 is 0 Å². The van der Waals surface area contributed by atoms with Crippen molar-refractivity contribution in [2.75, 3.05) is 33.9 Å². The molecular formula is C14H22N2O3. The van der Waals surface area contributed by atoms with E-state index in [0.29, 0.717) is 24.6 Å². The predicted molar refractivity (Wildman–Crippen MR) is 74.6 cm³/mol. The average Bonchev–Trinajstić information content (AvgIpc) is 2.44. The zero-order chi connectivity index (χ0) is 14.3. The van der Waals surface area contributed by atoms with Gasteiger partial charge in [0.2, 0.25) is 0 Å². The zero-order valence-electron chi connectivity index (χ0n) is 11.8. The smallest absolute Gasteiger partial charge is 0.260 e. The Bertz CT molecular complexity index is 421. The number of carbonyl (C=O) groups is 1. The molecule has 1 aromatic rings. The van der Waals surface area contributed by atoms with Gasteiger partial charge in [-0.15, -0.1) is 0 Å². The van der Waals surface area contributed by atoms with Gasteiger partial charge in [-0.1, -0.05) is 6.07 Å². The van der Waals surface area contributed by atoms with E-state index in [0.717, 1.165) is 12.0 Å². The minimum absolute atomic E-state index is 0.00672. The van der Waals surface area contributed by atoms with Crippen LogP contribution in [-0.4, -0.2) is 44.7 Å². The van der Waals surface area contributed by atoms with E-state index in [4.69, 9.17) is 15.2 Å². The fraction of sp³-hybridized carbons (Fsp3) is 0.500. The van der Waals surface area contributed by atoms with Gasteiger partial charge in [-0.3, -0.25) is 4.79 Å². The lowest BCUT2D eigenvalue weighted by atomic mass is 10.1. The summed E-state index contributed by atoms with van der Waals surface area (Å²) in [5.41, 5.74) is 6.59. The van der Waals surface area contributed by atoms with Crippen LogP contribution in [0.2, 0.25) is 0 Å². The second kappa shape index (κ2) is 7.63. The van der Waals surface area contributed by atoms with Gasteiger partial charge < -0.3 is 20.1 Å². The van der Waals surface area contributed by atoms with Crippen LogP contribution in [0.3, 0.4) is 0 Å². The highest BCUT2D eigenvalue weighted by Gasteiger charge is 2.11. The van der Waals surface area contributed by atoms with Crippen molar-refractivity contribution in [2.45, 2.75) is 13.3 Å². The van der Waals surface area contributed by atoms with Crippen LogP contribution in [0.4, 0.5) is 0 Å². The lowest BCUT2D eigenvalue weighted by molar-refractivity contribution is -0.131. The van der Waals surface area contributed by atoms with Gasteiger partial charge >= 0.3 is 0 Å². The summed E-state index contributed by atoms with van der Waals surface area (Å²) in [6.07, 6.45) is 0.767. The van der Waals surface area contributed by atoms with Crippen molar-refractivity contribution in [3.8, 4) is 11.5 Å². The molecule has 106 valence electrons. The van der Waals surface area contributed by atoms with Crippen LogP contribution in [0, 0.1) is 0 Å². The lowest BCUT2D eigenvalue weighted by Gasteiger charge is -2.16. The van der Waals surface area contributed by atoms with E-state index in [1.54, 1.807) is 19.1 Å². The molecule has 0 bridgehead atoms. The highest BCUT2D eigenvalue weighted by atomic mass is 16.5. The van der Waals surface area contributed by atoms with Crippen molar-refractivity contribution >= 4 is 5.91 Å². The van der Waals surface area contributed by atoms with Gasteiger partial charge in [0, 0.05) is 13.6 Å². The molecule has 2 N–H and O–H groups in total. The van der Waals surface area contributed by atoms with Crippen LogP contribution >= 0.6 is 0 Å². The number of methoxy groups -OCH3 is 1. The molecule has 0 radical (unpaired) electrons. The molecular weight excluding hydrogens is 244 g/mol. The van der Waals surface area contributed by atoms with Crippen LogP contribution < -0.4 is 15.2 Å². The average molecular weight is 266 g/mol. The summed E-state index contributed by atoms with van der Waals surface area (Å²) < 4.78 is 10.8. The Hall–Kier alpha value is -1.75. The quantitative estimate of drug-likeness (QED) is 0.801. The third kappa shape index (κ3) is 4.44. The molecule has 0 atom stereocenters. The number of amides is 1. The minimum Gasteiger partial charge on any atom is -0.493 e. The fourth-order valence-electron chi connectivity index (χ4n) is 1.58. The summed E-state index contributed by atoms with van der Waals surface area (Å²) in [6.45, 7) is 3.16. The van der Waals surface area contributed by atoms with Crippen LogP contribution in [0.5, 0.6) is 11.5 Å². The monoisotopic (exact) mass is 266 g/mol. The van der Waals surface area contributed by atoms with Gasteiger partial charge in [-0.2, -0.15) is 0 Å². The van der Waals surface area contributed by atoms with Crippen molar-refractivity contribution in [1.29, 1.82) is 0 Å². The molecule has 0 saturated heterocycles. The first kappa shape index (κ1) is 15.3. The van der Waals surface area contributed by atoms with E-state index in [9.17, 15) is 4.79 Å². The summed E-state index contributed by atoms with van der Waals surface area (Å²) >= 11 is 0. The molecule has 0 aromatic heterocycles. The molecule has 0 fully saturated rings. The molecule has 0 aliphatic carbocycles. The first-order chi connectivity index (χ1) is 9.12. The van der Waals surface area contributed by atoms with Crippen LogP contribution in [-0.2, 0) is 11.2 Å². The van der Waals surface area contributed by atoms with E-state index in [-0.39, 0.29) is 12.5 Å². The molecule has 5 heteroatoms. The Morgan fingerprint density at radius 2 is 2.11 bits per heavy atom. The number of hydrogen-bond donors (Lipinski definition) is 1. The SMILES string of the molecule is CCN(C)C(=O)COc1cc(CCN)ccc1OC. The normalized spacial score (nSPS) is 10.1. The molecule has 0 spiro atoms. The Morgan fingerprint density at radius 1 is 1.37 bits per heavy atom.